The fourth-order valence-electron chi connectivity index (χ4n) is 3.14. The predicted octanol–water partition coefficient (Wildman–Crippen LogP) is 3.24. The van der Waals surface area contributed by atoms with E-state index in [4.69, 9.17) is 0 Å². The molecule has 0 aliphatic heterocycles. The number of carbonyl (C=O) groups is 1. The zero-order chi connectivity index (χ0) is 15.7. The van der Waals surface area contributed by atoms with Gasteiger partial charge in [-0.2, -0.15) is 5.10 Å². The lowest BCUT2D eigenvalue weighted by atomic mass is 10.1. The quantitative estimate of drug-likeness (QED) is 0.943. The first-order valence-corrected chi connectivity index (χ1v) is 8.19. The van der Waals surface area contributed by atoms with Crippen molar-refractivity contribution in [3.05, 3.63) is 23.5 Å². The van der Waals surface area contributed by atoms with Crippen molar-refractivity contribution in [3.63, 3.8) is 0 Å². The van der Waals surface area contributed by atoms with Crippen LogP contribution in [0.25, 0.3) is 11.0 Å². The van der Waals surface area contributed by atoms with Crippen LogP contribution in [0.2, 0.25) is 0 Å². The summed E-state index contributed by atoms with van der Waals surface area (Å²) < 4.78 is 2.02. The van der Waals surface area contributed by atoms with Crippen molar-refractivity contribution in [2.75, 3.05) is 6.54 Å². The molecule has 118 valence electrons. The standard InChI is InChI=1S/C17H24N4O/c1-11(2)9-18-17(22)14-8-12(3)20-16-15(14)10-19-21(16)13-6-4-5-7-13/h8,10-11,13H,4-7,9H2,1-3H3,(H,18,22). The van der Waals surface area contributed by atoms with Crippen LogP contribution >= 0.6 is 0 Å². The topological polar surface area (TPSA) is 59.8 Å². The average Bonchev–Trinajstić information content (AvgIpc) is 3.12. The second-order valence-corrected chi connectivity index (χ2v) is 6.68. The SMILES string of the molecule is Cc1cc(C(=O)NCC(C)C)c2cnn(C3CCCC3)c2n1. The van der Waals surface area contributed by atoms with Crippen molar-refractivity contribution in [1.29, 1.82) is 0 Å². The van der Waals surface area contributed by atoms with E-state index < -0.39 is 0 Å². The summed E-state index contributed by atoms with van der Waals surface area (Å²) >= 11 is 0. The first-order chi connectivity index (χ1) is 10.6. The maximum absolute atomic E-state index is 12.5. The number of rotatable bonds is 4. The summed E-state index contributed by atoms with van der Waals surface area (Å²) in [7, 11) is 0. The van der Waals surface area contributed by atoms with Crippen LogP contribution in [0.1, 0.15) is 61.6 Å². The molecule has 1 N–H and O–H groups in total. The van der Waals surface area contributed by atoms with Gasteiger partial charge in [-0.1, -0.05) is 26.7 Å². The molecule has 0 aromatic carbocycles. The van der Waals surface area contributed by atoms with Gasteiger partial charge in [-0.05, 0) is 31.7 Å². The molecule has 1 amide bonds. The van der Waals surface area contributed by atoms with Gasteiger partial charge in [0, 0.05) is 12.2 Å². The molecule has 0 atom stereocenters. The molecule has 0 bridgehead atoms. The third-order valence-corrected chi connectivity index (χ3v) is 4.28. The molecule has 0 spiro atoms. The number of hydrogen-bond acceptors (Lipinski definition) is 3. The zero-order valence-corrected chi connectivity index (χ0v) is 13.6. The van der Waals surface area contributed by atoms with E-state index in [0.29, 0.717) is 24.1 Å². The number of fused-ring (bicyclic) bond motifs is 1. The first-order valence-electron chi connectivity index (χ1n) is 8.19. The number of aromatic nitrogens is 3. The van der Waals surface area contributed by atoms with Gasteiger partial charge in [0.1, 0.15) is 0 Å². The van der Waals surface area contributed by atoms with Crippen LogP contribution < -0.4 is 5.32 Å². The number of nitrogens with zero attached hydrogens (tertiary/aromatic N) is 3. The van der Waals surface area contributed by atoms with E-state index in [0.717, 1.165) is 29.6 Å². The lowest BCUT2D eigenvalue weighted by molar-refractivity contribution is 0.0950. The minimum absolute atomic E-state index is 0.0322. The van der Waals surface area contributed by atoms with Crippen molar-refractivity contribution in [2.24, 2.45) is 5.92 Å². The Kier molecular flexibility index (Phi) is 4.14. The maximum atomic E-state index is 12.5. The van der Waals surface area contributed by atoms with E-state index in [1.165, 1.54) is 12.8 Å². The number of aryl methyl sites for hydroxylation is 1. The molecule has 1 saturated carbocycles. The Morgan fingerprint density at radius 2 is 2.14 bits per heavy atom. The van der Waals surface area contributed by atoms with E-state index in [1.54, 1.807) is 6.20 Å². The molecular weight excluding hydrogens is 276 g/mol. The van der Waals surface area contributed by atoms with Crippen molar-refractivity contribution in [3.8, 4) is 0 Å². The van der Waals surface area contributed by atoms with E-state index in [9.17, 15) is 4.79 Å². The molecule has 0 radical (unpaired) electrons. The number of hydrogen-bond donors (Lipinski definition) is 1. The summed E-state index contributed by atoms with van der Waals surface area (Å²) in [5.41, 5.74) is 2.40. The van der Waals surface area contributed by atoms with Crippen molar-refractivity contribution < 1.29 is 4.79 Å². The minimum Gasteiger partial charge on any atom is -0.352 e. The van der Waals surface area contributed by atoms with Crippen LogP contribution in [0.4, 0.5) is 0 Å². The smallest absolute Gasteiger partial charge is 0.252 e. The van der Waals surface area contributed by atoms with E-state index in [1.807, 2.05) is 17.7 Å². The van der Waals surface area contributed by atoms with Gasteiger partial charge in [0.05, 0.1) is 23.2 Å². The van der Waals surface area contributed by atoms with Crippen LogP contribution in [0, 0.1) is 12.8 Å². The van der Waals surface area contributed by atoms with Gasteiger partial charge in [-0.25, -0.2) is 9.67 Å². The molecule has 5 heteroatoms. The highest BCUT2D eigenvalue weighted by molar-refractivity contribution is 6.05. The Labute approximate surface area is 131 Å². The number of carbonyl (C=O) groups excluding carboxylic acids is 1. The summed E-state index contributed by atoms with van der Waals surface area (Å²) in [6, 6.07) is 2.29. The third kappa shape index (κ3) is 2.85. The Morgan fingerprint density at radius 1 is 1.41 bits per heavy atom. The highest BCUT2D eigenvalue weighted by atomic mass is 16.1. The van der Waals surface area contributed by atoms with Crippen molar-refractivity contribution in [1.82, 2.24) is 20.1 Å². The van der Waals surface area contributed by atoms with Gasteiger partial charge in [-0.3, -0.25) is 4.79 Å². The molecule has 5 nitrogen and oxygen atoms in total. The molecule has 1 aliphatic carbocycles. The fraction of sp³-hybridized carbons (Fsp3) is 0.588. The minimum atomic E-state index is -0.0322. The Balaban J connectivity index is 1.98. The maximum Gasteiger partial charge on any atom is 0.252 e. The van der Waals surface area contributed by atoms with Gasteiger partial charge in [-0.15, -0.1) is 0 Å². The normalized spacial score (nSPS) is 15.8. The highest BCUT2D eigenvalue weighted by Gasteiger charge is 2.22. The largest absolute Gasteiger partial charge is 0.352 e. The van der Waals surface area contributed by atoms with Crippen LogP contribution in [0.3, 0.4) is 0 Å². The fourth-order valence-corrected chi connectivity index (χ4v) is 3.14. The van der Waals surface area contributed by atoms with Crippen LogP contribution in [0.5, 0.6) is 0 Å². The van der Waals surface area contributed by atoms with Gasteiger partial charge < -0.3 is 5.32 Å². The van der Waals surface area contributed by atoms with Gasteiger partial charge in [0.2, 0.25) is 0 Å². The van der Waals surface area contributed by atoms with E-state index >= 15 is 0 Å². The molecule has 1 aliphatic rings. The van der Waals surface area contributed by atoms with E-state index in [-0.39, 0.29) is 5.91 Å². The number of nitrogens with one attached hydrogen (secondary N) is 1. The molecule has 0 unspecified atom stereocenters. The second kappa shape index (κ2) is 6.07. The molecule has 1 fully saturated rings. The summed E-state index contributed by atoms with van der Waals surface area (Å²) in [4.78, 5) is 17.1. The zero-order valence-electron chi connectivity index (χ0n) is 13.6. The van der Waals surface area contributed by atoms with Crippen LogP contribution in [-0.4, -0.2) is 27.2 Å². The summed E-state index contributed by atoms with van der Waals surface area (Å²) in [5, 5.41) is 8.38. The molecule has 22 heavy (non-hydrogen) atoms. The molecular formula is C17H24N4O. The Bertz CT molecular complexity index is 683. The summed E-state index contributed by atoms with van der Waals surface area (Å²) in [6.07, 6.45) is 6.60. The molecule has 2 heterocycles. The lowest BCUT2D eigenvalue weighted by Gasteiger charge is -2.12. The lowest BCUT2D eigenvalue weighted by Crippen LogP contribution is -2.27. The predicted molar refractivity (Wildman–Crippen MR) is 86.9 cm³/mol. The Hall–Kier alpha value is -1.91. The number of amides is 1. The van der Waals surface area contributed by atoms with Gasteiger partial charge >= 0.3 is 0 Å². The highest BCUT2D eigenvalue weighted by Crippen LogP contribution is 2.31. The van der Waals surface area contributed by atoms with Gasteiger partial charge in [0.15, 0.2) is 5.65 Å². The third-order valence-electron chi connectivity index (χ3n) is 4.28. The van der Waals surface area contributed by atoms with Crippen LogP contribution in [-0.2, 0) is 0 Å². The molecule has 0 saturated heterocycles. The monoisotopic (exact) mass is 300 g/mol. The molecule has 2 aromatic heterocycles. The first kappa shape index (κ1) is 15.0. The number of pyridine rings is 1. The average molecular weight is 300 g/mol. The molecule has 2 aromatic rings. The van der Waals surface area contributed by atoms with Crippen molar-refractivity contribution >= 4 is 16.9 Å². The van der Waals surface area contributed by atoms with Gasteiger partial charge in [0.25, 0.3) is 5.91 Å². The summed E-state index contributed by atoms with van der Waals surface area (Å²) in [6.45, 7) is 6.79. The molecule has 3 rings (SSSR count). The summed E-state index contributed by atoms with van der Waals surface area (Å²) in [5.74, 6) is 0.402. The second-order valence-electron chi connectivity index (χ2n) is 6.68. The van der Waals surface area contributed by atoms with Crippen LogP contribution in [0.15, 0.2) is 12.3 Å². The van der Waals surface area contributed by atoms with Crippen molar-refractivity contribution in [2.45, 2.75) is 52.5 Å². The Morgan fingerprint density at radius 3 is 2.82 bits per heavy atom. The van der Waals surface area contributed by atoms with E-state index in [2.05, 4.69) is 29.2 Å².